The summed E-state index contributed by atoms with van der Waals surface area (Å²) in [4.78, 5) is 37.0. The zero-order valence-electron chi connectivity index (χ0n) is 15.9. The van der Waals surface area contributed by atoms with Crippen LogP contribution in [0.15, 0.2) is 15.6 Å². The zero-order chi connectivity index (χ0) is 24.6. The molecule has 2 amide bonds. The van der Waals surface area contributed by atoms with Crippen molar-refractivity contribution in [3.05, 3.63) is 16.3 Å². The largest absolute Gasteiger partial charge is 0.477 e. The summed E-state index contributed by atoms with van der Waals surface area (Å²) in [6, 6.07) is -1.13. The van der Waals surface area contributed by atoms with Crippen molar-refractivity contribution in [2.24, 2.45) is 0 Å². The Kier molecular flexibility index (Phi) is 7.89. The van der Waals surface area contributed by atoms with Crippen molar-refractivity contribution in [3.8, 4) is 0 Å². The molecule has 33 heavy (non-hydrogen) atoms. The third kappa shape index (κ3) is 6.75. The van der Waals surface area contributed by atoms with E-state index in [-0.39, 0.29) is 22.2 Å². The van der Waals surface area contributed by atoms with Crippen LogP contribution in [0.2, 0.25) is 0 Å². The summed E-state index contributed by atoms with van der Waals surface area (Å²) in [6.07, 6.45) is 0. The number of β-lactam (4-membered cyclic amide) rings is 1. The van der Waals surface area contributed by atoms with E-state index in [9.17, 15) is 41.1 Å². The van der Waals surface area contributed by atoms with Gasteiger partial charge in [0.05, 0.1) is 5.75 Å². The van der Waals surface area contributed by atoms with Gasteiger partial charge in [0.15, 0.2) is 4.34 Å². The number of nitrogens with one attached hydrogen (secondary N) is 1. The van der Waals surface area contributed by atoms with Gasteiger partial charge in [-0.3, -0.25) is 19.0 Å². The van der Waals surface area contributed by atoms with E-state index >= 15 is 0 Å². The first-order valence-corrected chi connectivity index (χ1v) is 14.0. The highest BCUT2D eigenvalue weighted by Crippen LogP contribution is 2.42. The van der Waals surface area contributed by atoms with Crippen LogP contribution in [-0.2, 0) is 30.3 Å². The summed E-state index contributed by atoms with van der Waals surface area (Å²) in [6.45, 7) is 0. The van der Waals surface area contributed by atoms with E-state index in [2.05, 4.69) is 15.5 Å². The number of hydrogen-bond donors (Lipinski definition) is 3. The van der Waals surface area contributed by atoms with E-state index in [1.54, 1.807) is 0 Å². The molecule has 2 atom stereocenters. The Balaban J connectivity index is 1.65. The SMILES string of the molecule is O=C(CSC(F)(F)F)NC1C(=O)N2C(C(=O)O)=C(CSc3nnc(CS(=O)(=O)O)s3)CS[C@H]12. The first-order chi connectivity index (χ1) is 15.2. The Hall–Kier alpha value is -1.54. The lowest BCUT2D eigenvalue weighted by molar-refractivity contribution is -0.150. The number of carbonyl (C=O) groups is 3. The molecule has 1 fully saturated rings. The smallest absolute Gasteiger partial charge is 0.442 e. The van der Waals surface area contributed by atoms with Crippen LogP contribution in [0.25, 0.3) is 0 Å². The Bertz CT molecular complexity index is 1110. The van der Waals surface area contributed by atoms with Gasteiger partial charge in [0.1, 0.15) is 27.9 Å². The number of fused-ring (bicyclic) bond motifs is 1. The highest BCUT2D eigenvalue weighted by Gasteiger charge is 2.54. The molecule has 0 saturated carbocycles. The average molecular weight is 567 g/mol. The van der Waals surface area contributed by atoms with Gasteiger partial charge < -0.3 is 10.4 Å². The molecule has 1 saturated heterocycles. The van der Waals surface area contributed by atoms with Crippen LogP contribution in [0.1, 0.15) is 5.01 Å². The van der Waals surface area contributed by atoms with Gasteiger partial charge in [-0.15, -0.1) is 22.0 Å². The monoisotopic (exact) mass is 566 g/mol. The van der Waals surface area contributed by atoms with Crippen LogP contribution >= 0.6 is 46.6 Å². The quantitative estimate of drug-likeness (QED) is 0.221. The third-order valence-corrected chi connectivity index (χ3v) is 9.09. The minimum absolute atomic E-state index is 0.0470. The fraction of sp³-hybridized carbons (Fsp3) is 0.500. The molecule has 2 aliphatic heterocycles. The van der Waals surface area contributed by atoms with Crippen molar-refractivity contribution in [1.82, 2.24) is 20.4 Å². The minimum Gasteiger partial charge on any atom is -0.477 e. The second kappa shape index (κ2) is 9.98. The number of alkyl halides is 3. The number of carbonyl (C=O) groups excluding carboxylic acids is 2. The molecule has 1 aromatic heterocycles. The lowest BCUT2D eigenvalue weighted by atomic mass is 10.0. The Labute approximate surface area is 200 Å². The lowest BCUT2D eigenvalue weighted by Gasteiger charge is -2.49. The molecule has 1 unspecified atom stereocenters. The number of thioether (sulfide) groups is 3. The normalized spacial score (nSPS) is 21.0. The summed E-state index contributed by atoms with van der Waals surface area (Å²) in [5.74, 6) is -4.49. The number of carboxylic acids is 1. The number of halogens is 3. The van der Waals surface area contributed by atoms with Crippen LogP contribution in [0, 0.1) is 0 Å². The second-order valence-electron chi connectivity index (χ2n) is 6.42. The molecular weight excluding hydrogens is 554 g/mol. The van der Waals surface area contributed by atoms with E-state index in [0.717, 1.165) is 39.8 Å². The number of nitrogens with zero attached hydrogens (tertiary/aromatic N) is 3. The van der Waals surface area contributed by atoms with Crippen LogP contribution < -0.4 is 5.32 Å². The molecule has 11 nitrogen and oxygen atoms in total. The Morgan fingerprint density at radius 3 is 2.61 bits per heavy atom. The van der Waals surface area contributed by atoms with E-state index in [1.165, 1.54) is 0 Å². The van der Waals surface area contributed by atoms with Crippen molar-refractivity contribution < 1.29 is 45.6 Å². The molecule has 0 aromatic carbocycles. The van der Waals surface area contributed by atoms with Gasteiger partial charge in [-0.2, -0.15) is 21.6 Å². The molecule has 2 aliphatic rings. The van der Waals surface area contributed by atoms with Crippen molar-refractivity contribution in [2.75, 3.05) is 17.3 Å². The molecule has 0 aliphatic carbocycles. The van der Waals surface area contributed by atoms with E-state index < -0.39 is 68.1 Å². The molecule has 182 valence electrons. The fourth-order valence-electron chi connectivity index (χ4n) is 2.82. The standard InChI is InChI=1S/C14H13F3N4O7S5/c15-14(16,17)31-3-6(22)18-8-10(23)21-9(12(24)25)5(1-29-11(8)21)2-30-13-20-19-7(32-13)4-33(26,27)28/h8,11H,1-4H2,(H,18,22)(H,24,25)(H,26,27,28)/t8?,11-/m1/s1. The van der Waals surface area contributed by atoms with Crippen molar-refractivity contribution in [2.45, 2.75) is 27.0 Å². The maximum atomic E-state index is 12.5. The number of hydrogen-bond acceptors (Lipinski definition) is 11. The van der Waals surface area contributed by atoms with Crippen molar-refractivity contribution >= 4 is 74.5 Å². The summed E-state index contributed by atoms with van der Waals surface area (Å²) < 4.78 is 67.7. The highest BCUT2D eigenvalue weighted by molar-refractivity contribution is 8.02. The minimum atomic E-state index is -4.60. The van der Waals surface area contributed by atoms with Crippen molar-refractivity contribution in [3.63, 3.8) is 0 Å². The predicted octanol–water partition coefficient (Wildman–Crippen LogP) is 1.01. The number of aromatic nitrogens is 2. The first kappa shape index (κ1) is 26.1. The van der Waals surface area contributed by atoms with Gasteiger partial charge >= 0.3 is 11.5 Å². The van der Waals surface area contributed by atoms with Crippen LogP contribution in [0.5, 0.6) is 0 Å². The third-order valence-electron chi connectivity index (χ3n) is 4.06. The molecule has 3 N–H and O–H groups in total. The number of carboxylic acid groups (broad SMARTS) is 1. The van der Waals surface area contributed by atoms with Crippen LogP contribution in [-0.4, -0.2) is 85.1 Å². The van der Waals surface area contributed by atoms with Crippen molar-refractivity contribution in [1.29, 1.82) is 0 Å². The van der Waals surface area contributed by atoms with E-state index in [0.29, 0.717) is 9.91 Å². The molecule has 0 radical (unpaired) electrons. The van der Waals surface area contributed by atoms with Gasteiger partial charge in [0, 0.05) is 11.5 Å². The van der Waals surface area contributed by atoms with Gasteiger partial charge in [0.25, 0.3) is 16.0 Å². The molecule has 0 bridgehead atoms. The average Bonchev–Trinajstić information content (AvgIpc) is 3.12. The van der Waals surface area contributed by atoms with Crippen LogP contribution in [0.4, 0.5) is 13.2 Å². The Morgan fingerprint density at radius 2 is 2.00 bits per heavy atom. The Morgan fingerprint density at radius 1 is 1.30 bits per heavy atom. The van der Waals surface area contributed by atoms with Gasteiger partial charge in [-0.05, 0) is 17.3 Å². The molecule has 3 rings (SSSR count). The molecule has 1 aromatic rings. The molecule has 3 heterocycles. The maximum Gasteiger partial charge on any atom is 0.442 e. The summed E-state index contributed by atoms with van der Waals surface area (Å²) in [5.41, 5.74) is -4.52. The molecule has 0 spiro atoms. The predicted molar refractivity (Wildman–Crippen MR) is 114 cm³/mol. The lowest BCUT2D eigenvalue weighted by Crippen LogP contribution is -2.70. The van der Waals surface area contributed by atoms with Gasteiger partial charge in [-0.1, -0.05) is 23.1 Å². The molecule has 19 heteroatoms. The summed E-state index contributed by atoms with van der Waals surface area (Å²) in [7, 11) is -4.28. The number of amides is 2. The zero-order valence-corrected chi connectivity index (χ0v) is 20.0. The van der Waals surface area contributed by atoms with Gasteiger partial charge in [0.2, 0.25) is 5.91 Å². The highest BCUT2D eigenvalue weighted by atomic mass is 32.2. The second-order valence-corrected chi connectivity index (χ2v) is 12.3. The number of rotatable bonds is 9. The topological polar surface area (TPSA) is 167 Å². The summed E-state index contributed by atoms with van der Waals surface area (Å²) in [5, 5.41) is 18.5. The maximum absolute atomic E-state index is 12.5. The first-order valence-electron chi connectivity index (χ1n) is 8.55. The summed E-state index contributed by atoms with van der Waals surface area (Å²) >= 11 is 2.57. The van der Waals surface area contributed by atoms with E-state index in [1.807, 2.05) is 0 Å². The van der Waals surface area contributed by atoms with E-state index in [4.69, 9.17) is 4.55 Å². The molecular formula is C14H13F3N4O7S5. The fourth-order valence-corrected chi connectivity index (χ4v) is 7.42. The van der Waals surface area contributed by atoms with Gasteiger partial charge in [-0.25, -0.2) is 4.79 Å². The van der Waals surface area contributed by atoms with Crippen LogP contribution in [0.3, 0.4) is 0 Å². The number of aliphatic carboxylic acids is 1.